The molecule has 4 rings (SSSR count). The summed E-state index contributed by atoms with van der Waals surface area (Å²) in [6.45, 7) is 0. The molecule has 1 aliphatic heterocycles. The zero-order valence-corrected chi connectivity index (χ0v) is 22.1. The minimum atomic E-state index is -1.46. The molecule has 0 aliphatic carbocycles. The van der Waals surface area contributed by atoms with Crippen LogP contribution in [0, 0.1) is 10.1 Å². The molecule has 0 saturated heterocycles. The van der Waals surface area contributed by atoms with Crippen LogP contribution in [0.25, 0.3) is 0 Å². The van der Waals surface area contributed by atoms with Crippen LogP contribution in [0.5, 0.6) is 0 Å². The highest BCUT2D eigenvalue weighted by atomic mass is 35.5. The standard InChI is InChI=1S/C25H15Cl4N3O6/c26-11-10-20(22(33)13-4-7-15(27)8-5-13)30(23(34)14-6-9-17(28)18(29)12-14)31-24(35)16-2-1-3-19(32(37)38)21(16)25(31)36/h1-9,12,20H,10-11H2/t20-/m1/s1. The van der Waals surface area contributed by atoms with Gasteiger partial charge in [0.25, 0.3) is 23.4 Å². The first kappa shape index (κ1) is 27.5. The second-order valence-corrected chi connectivity index (χ2v) is 9.65. The lowest BCUT2D eigenvalue weighted by Gasteiger charge is -2.36. The number of nitrogens with zero attached hydrogens (tertiary/aromatic N) is 3. The number of alkyl halides is 1. The molecule has 0 saturated carbocycles. The monoisotopic (exact) mass is 593 g/mol. The lowest BCUT2D eigenvalue weighted by molar-refractivity contribution is -0.385. The van der Waals surface area contributed by atoms with E-state index in [0.717, 1.165) is 6.07 Å². The number of rotatable bonds is 8. The molecule has 0 spiro atoms. The van der Waals surface area contributed by atoms with Crippen LogP contribution in [0.15, 0.2) is 60.7 Å². The van der Waals surface area contributed by atoms with E-state index in [0.29, 0.717) is 15.0 Å². The molecule has 0 bridgehead atoms. The lowest BCUT2D eigenvalue weighted by Crippen LogP contribution is -2.57. The number of imide groups is 1. The normalized spacial score (nSPS) is 13.3. The third kappa shape index (κ3) is 4.98. The van der Waals surface area contributed by atoms with E-state index < -0.39 is 45.7 Å². The van der Waals surface area contributed by atoms with E-state index in [4.69, 9.17) is 46.4 Å². The van der Waals surface area contributed by atoms with E-state index in [1.54, 1.807) is 0 Å². The van der Waals surface area contributed by atoms with Crippen molar-refractivity contribution < 1.29 is 24.1 Å². The predicted octanol–water partition coefficient (Wildman–Crippen LogP) is 6.09. The number of amides is 3. The fourth-order valence-corrected chi connectivity index (χ4v) is 4.64. The van der Waals surface area contributed by atoms with Crippen LogP contribution in [0.4, 0.5) is 5.69 Å². The van der Waals surface area contributed by atoms with Gasteiger partial charge in [-0.15, -0.1) is 11.6 Å². The Morgan fingerprint density at radius 1 is 0.921 bits per heavy atom. The Morgan fingerprint density at radius 3 is 2.18 bits per heavy atom. The second-order valence-electron chi connectivity index (χ2n) is 8.02. The van der Waals surface area contributed by atoms with Gasteiger partial charge in [-0.3, -0.25) is 29.3 Å². The molecule has 0 fully saturated rings. The number of ketones is 1. The van der Waals surface area contributed by atoms with Gasteiger partial charge in [0, 0.05) is 28.1 Å². The van der Waals surface area contributed by atoms with Crippen LogP contribution in [-0.4, -0.2) is 50.4 Å². The number of halogens is 4. The molecule has 1 heterocycles. The van der Waals surface area contributed by atoms with E-state index in [1.807, 2.05) is 0 Å². The third-order valence-corrected chi connectivity index (χ3v) is 6.98. The zero-order chi connectivity index (χ0) is 27.7. The van der Waals surface area contributed by atoms with Crippen LogP contribution >= 0.6 is 46.4 Å². The van der Waals surface area contributed by atoms with Crippen LogP contribution in [-0.2, 0) is 0 Å². The average Bonchev–Trinajstić information content (AvgIpc) is 3.15. The zero-order valence-electron chi connectivity index (χ0n) is 19.1. The molecule has 38 heavy (non-hydrogen) atoms. The van der Waals surface area contributed by atoms with Crippen molar-refractivity contribution in [3.05, 3.63) is 108 Å². The minimum Gasteiger partial charge on any atom is -0.292 e. The molecule has 3 amide bonds. The molecule has 3 aromatic rings. The summed E-state index contributed by atoms with van der Waals surface area (Å²) in [7, 11) is 0. The summed E-state index contributed by atoms with van der Waals surface area (Å²) in [5.41, 5.74) is -1.39. The fourth-order valence-electron chi connectivity index (χ4n) is 4.01. The largest absolute Gasteiger partial charge is 0.292 e. The van der Waals surface area contributed by atoms with Crippen molar-refractivity contribution >= 4 is 75.6 Å². The van der Waals surface area contributed by atoms with E-state index in [2.05, 4.69) is 0 Å². The molecule has 0 radical (unpaired) electrons. The number of carbonyl (C=O) groups excluding carboxylic acids is 4. The Morgan fingerprint density at radius 2 is 1.58 bits per heavy atom. The van der Waals surface area contributed by atoms with Gasteiger partial charge < -0.3 is 0 Å². The van der Waals surface area contributed by atoms with Gasteiger partial charge in [-0.05, 0) is 55.0 Å². The Bertz CT molecular complexity index is 1490. The smallest absolute Gasteiger partial charge is 0.287 e. The van der Waals surface area contributed by atoms with Crippen LogP contribution in [0.1, 0.15) is 47.9 Å². The lowest BCUT2D eigenvalue weighted by atomic mass is 10.0. The maximum absolute atomic E-state index is 13.9. The van der Waals surface area contributed by atoms with Crippen molar-refractivity contribution in [1.29, 1.82) is 0 Å². The summed E-state index contributed by atoms with van der Waals surface area (Å²) in [6, 6.07) is 11.7. The Hall–Kier alpha value is -3.50. The summed E-state index contributed by atoms with van der Waals surface area (Å²) in [5, 5.41) is 13.2. The van der Waals surface area contributed by atoms with Gasteiger partial charge in [0.1, 0.15) is 11.6 Å². The highest BCUT2D eigenvalue weighted by Crippen LogP contribution is 2.34. The van der Waals surface area contributed by atoms with E-state index in [1.165, 1.54) is 54.6 Å². The van der Waals surface area contributed by atoms with Crippen molar-refractivity contribution in [3.63, 3.8) is 0 Å². The maximum atomic E-state index is 13.9. The summed E-state index contributed by atoms with van der Waals surface area (Å²) in [5.74, 6) is -3.92. The maximum Gasteiger partial charge on any atom is 0.287 e. The number of hydrogen-bond donors (Lipinski definition) is 0. The molecule has 1 atom stereocenters. The van der Waals surface area contributed by atoms with Crippen molar-refractivity contribution in [3.8, 4) is 0 Å². The Labute approximate surface area is 235 Å². The molecule has 1 aliphatic rings. The number of nitro groups is 1. The highest BCUT2D eigenvalue weighted by Gasteiger charge is 2.48. The number of fused-ring (bicyclic) bond motifs is 1. The number of Topliss-reactive ketones (excluding diaryl/α,β-unsaturated/α-hetero) is 1. The second kappa shape index (κ2) is 11.1. The first-order chi connectivity index (χ1) is 18.1. The van der Waals surface area contributed by atoms with Gasteiger partial charge in [0.2, 0.25) is 0 Å². The number of hydrazine groups is 1. The van der Waals surface area contributed by atoms with Gasteiger partial charge in [0.15, 0.2) is 5.78 Å². The molecule has 3 aromatic carbocycles. The molecule has 9 nitrogen and oxygen atoms in total. The predicted molar refractivity (Wildman–Crippen MR) is 141 cm³/mol. The van der Waals surface area contributed by atoms with Gasteiger partial charge in [-0.1, -0.05) is 40.9 Å². The van der Waals surface area contributed by atoms with E-state index in [-0.39, 0.29) is 39.0 Å². The SMILES string of the molecule is O=C(c1ccc(Cl)cc1)[C@@H](CCCl)N(C(=O)c1ccc(Cl)c(Cl)c1)N1C(=O)c2cccc([N+](=O)[O-])c2C1=O. The quantitative estimate of drug-likeness (QED) is 0.102. The summed E-state index contributed by atoms with van der Waals surface area (Å²) >= 11 is 24.0. The van der Waals surface area contributed by atoms with Gasteiger partial charge in [-0.2, -0.15) is 5.01 Å². The molecule has 13 heteroatoms. The van der Waals surface area contributed by atoms with Crippen LogP contribution in [0.3, 0.4) is 0 Å². The third-order valence-electron chi connectivity index (χ3n) is 5.77. The molecular formula is C25H15Cl4N3O6. The molecule has 0 aromatic heterocycles. The van der Waals surface area contributed by atoms with Gasteiger partial charge in [0.05, 0.1) is 20.5 Å². The average molecular weight is 595 g/mol. The molecule has 194 valence electrons. The Kier molecular flexibility index (Phi) is 8.03. The van der Waals surface area contributed by atoms with E-state index >= 15 is 0 Å². The van der Waals surface area contributed by atoms with Gasteiger partial charge >= 0.3 is 0 Å². The summed E-state index contributed by atoms with van der Waals surface area (Å²) in [6.07, 6.45) is -0.175. The first-order valence-corrected chi connectivity index (χ1v) is 12.5. The number of nitro benzene ring substituents is 1. The number of hydrogen-bond acceptors (Lipinski definition) is 6. The van der Waals surface area contributed by atoms with Crippen LogP contribution < -0.4 is 0 Å². The minimum absolute atomic E-state index is 0.00777. The van der Waals surface area contributed by atoms with Crippen molar-refractivity contribution in [2.45, 2.75) is 12.5 Å². The fraction of sp³-hybridized carbons (Fsp3) is 0.120. The van der Waals surface area contributed by atoms with Crippen molar-refractivity contribution in [1.82, 2.24) is 10.0 Å². The first-order valence-electron chi connectivity index (χ1n) is 10.9. The summed E-state index contributed by atoms with van der Waals surface area (Å²) in [4.78, 5) is 65.4. The molecule has 0 N–H and O–H groups in total. The van der Waals surface area contributed by atoms with E-state index in [9.17, 15) is 29.3 Å². The Balaban J connectivity index is 1.90. The van der Waals surface area contributed by atoms with Crippen LogP contribution in [0.2, 0.25) is 15.1 Å². The molecule has 0 unspecified atom stereocenters. The van der Waals surface area contributed by atoms with Crippen molar-refractivity contribution in [2.24, 2.45) is 0 Å². The number of benzene rings is 3. The highest BCUT2D eigenvalue weighted by molar-refractivity contribution is 6.42. The molecular weight excluding hydrogens is 580 g/mol. The van der Waals surface area contributed by atoms with Crippen molar-refractivity contribution in [2.75, 3.05) is 5.88 Å². The number of carbonyl (C=O) groups is 4. The summed E-state index contributed by atoms with van der Waals surface area (Å²) < 4.78 is 0. The van der Waals surface area contributed by atoms with Gasteiger partial charge in [-0.25, -0.2) is 5.01 Å². The topological polar surface area (TPSA) is 118 Å².